The van der Waals surface area contributed by atoms with Gasteiger partial charge in [0.15, 0.2) is 5.96 Å². The van der Waals surface area contributed by atoms with Crippen LogP contribution in [-0.4, -0.2) is 53.6 Å². The van der Waals surface area contributed by atoms with E-state index in [0.29, 0.717) is 6.54 Å². The maximum absolute atomic E-state index is 5.35. The van der Waals surface area contributed by atoms with Crippen LogP contribution < -0.4 is 10.2 Å². The smallest absolute Gasteiger partial charge is 0.225 e. The second-order valence-corrected chi connectivity index (χ2v) is 5.27. The maximum atomic E-state index is 5.35. The van der Waals surface area contributed by atoms with Crippen LogP contribution >= 0.6 is 0 Å². The number of anilines is 1. The molecule has 23 heavy (non-hydrogen) atoms. The molecule has 1 aliphatic rings. The van der Waals surface area contributed by atoms with Gasteiger partial charge in [0.05, 0.1) is 6.26 Å². The van der Waals surface area contributed by atoms with Gasteiger partial charge in [-0.25, -0.2) is 15.0 Å². The van der Waals surface area contributed by atoms with E-state index >= 15 is 0 Å². The van der Waals surface area contributed by atoms with Gasteiger partial charge in [0.1, 0.15) is 12.3 Å². The van der Waals surface area contributed by atoms with E-state index in [9.17, 15) is 0 Å². The Hall–Kier alpha value is -2.57. The van der Waals surface area contributed by atoms with Gasteiger partial charge in [0, 0.05) is 45.1 Å². The average Bonchev–Trinajstić information content (AvgIpc) is 3.13. The van der Waals surface area contributed by atoms with Crippen LogP contribution in [0.4, 0.5) is 5.95 Å². The highest BCUT2D eigenvalue weighted by Gasteiger charge is 2.21. The number of hydrogen-bond donors (Lipinski definition) is 1. The molecular formula is C16H22N6O. The van der Waals surface area contributed by atoms with Gasteiger partial charge in [-0.05, 0) is 25.1 Å². The van der Waals surface area contributed by atoms with E-state index in [1.54, 1.807) is 18.7 Å². The molecular weight excluding hydrogens is 292 g/mol. The van der Waals surface area contributed by atoms with Crippen molar-refractivity contribution in [2.75, 3.05) is 37.6 Å². The molecule has 1 N–H and O–H groups in total. The molecule has 0 amide bonds. The van der Waals surface area contributed by atoms with Gasteiger partial charge in [-0.3, -0.25) is 0 Å². The number of aromatic nitrogens is 2. The third kappa shape index (κ3) is 4.00. The first kappa shape index (κ1) is 15.3. The zero-order chi connectivity index (χ0) is 15.9. The van der Waals surface area contributed by atoms with Crippen LogP contribution in [0.3, 0.4) is 0 Å². The van der Waals surface area contributed by atoms with Crippen LogP contribution in [0.2, 0.25) is 0 Å². The van der Waals surface area contributed by atoms with Gasteiger partial charge in [-0.1, -0.05) is 0 Å². The molecule has 1 saturated heterocycles. The van der Waals surface area contributed by atoms with Crippen molar-refractivity contribution in [3.63, 3.8) is 0 Å². The van der Waals surface area contributed by atoms with Gasteiger partial charge in [0.25, 0.3) is 0 Å². The minimum absolute atomic E-state index is 0.553. The maximum Gasteiger partial charge on any atom is 0.225 e. The molecule has 2 aromatic heterocycles. The molecule has 0 saturated carbocycles. The third-order valence-corrected chi connectivity index (χ3v) is 3.71. The van der Waals surface area contributed by atoms with E-state index in [1.807, 2.05) is 18.2 Å². The molecule has 0 atom stereocenters. The largest absolute Gasteiger partial charge is 0.467 e. The quantitative estimate of drug-likeness (QED) is 0.679. The van der Waals surface area contributed by atoms with Crippen molar-refractivity contribution in [3.05, 3.63) is 42.6 Å². The minimum atomic E-state index is 0.553. The fraction of sp³-hybridized carbons (Fsp3) is 0.438. The lowest BCUT2D eigenvalue weighted by Gasteiger charge is -2.36. The number of nitrogens with zero attached hydrogens (tertiary/aromatic N) is 5. The predicted molar refractivity (Wildman–Crippen MR) is 89.3 cm³/mol. The molecule has 0 aromatic carbocycles. The Morgan fingerprint density at radius 2 is 2.00 bits per heavy atom. The normalized spacial score (nSPS) is 15.8. The second-order valence-electron chi connectivity index (χ2n) is 5.27. The fourth-order valence-electron chi connectivity index (χ4n) is 2.55. The fourth-order valence-corrected chi connectivity index (χ4v) is 2.55. The summed E-state index contributed by atoms with van der Waals surface area (Å²) in [6, 6.07) is 5.67. The van der Waals surface area contributed by atoms with Crippen LogP contribution in [0.5, 0.6) is 0 Å². The number of hydrogen-bond acceptors (Lipinski definition) is 5. The summed E-state index contributed by atoms with van der Waals surface area (Å²) in [7, 11) is 0. The SMILES string of the molecule is CCNC(=NCc1ccco1)N1CCN(c2ncccn2)CC1. The van der Waals surface area contributed by atoms with E-state index in [2.05, 4.69) is 37.0 Å². The van der Waals surface area contributed by atoms with Gasteiger partial charge < -0.3 is 19.5 Å². The van der Waals surface area contributed by atoms with Crippen LogP contribution in [0.1, 0.15) is 12.7 Å². The van der Waals surface area contributed by atoms with Crippen molar-refractivity contribution in [1.82, 2.24) is 20.2 Å². The summed E-state index contributed by atoms with van der Waals surface area (Å²) in [6.07, 6.45) is 5.24. The highest BCUT2D eigenvalue weighted by Crippen LogP contribution is 2.10. The number of nitrogens with one attached hydrogen (secondary N) is 1. The number of aliphatic imine (C=N–C) groups is 1. The molecule has 122 valence electrons. The van der Waals surface area contributed by atoms with Crippen molar-refractivity contribution in [3.8, 4) is 0 Å². The lowest BCUT2D eigenvalue weighted by atomic mass is 10.3. The molecule has 0 spiro atoms. The summed E-state index contributed by atoms with van der Waals surface area (Å²) in [6.45, 7) is 7.03. The zero-order valence-corrected chi connectivity index (χ0v) is 13.4. The summed E-state index contributed by atoms with van der Waals surface area (Å²) >= 11 is 0. The van der Waals surface area contributed by atoms with E-state index in [1.165, 1.54) is 0 Å². The lowest BCUT2D eigenvalue weighted by molar-refractivity contribution is 0.369. The van der Waals surface area contributed by atoms with Crippen molar-refractivity contribution in [2.24, 2.45) is 4.99 Å². The van der Waals surface area contributed by atoms with Crippen LogP contribution in [0.15, 0.2) is 46.3 Å². The Bertz CT molecular complexity index is 605. The Kier molecular flexibility index (Phi) is 5.08. The third-order valence-electron chi connectivity index (χ3n) is 3.71. The number of furan rings is 1. The van der Waals surface area contributed by atoms with Gasteiger partial charge in [0.2, 0.25) is 5.95 Å². The molecule has 0 unspecified atom stereocenters. The monoisotopic (exact) mass is 314 g/mol. The molecule has 7 nitrogen and oxygen atoms in total. The Labute approximate surface area is 136 Å². The van der Waals surface area contributed by atoms with Crippen LogP contribution in [0.25, 0.3) is 0 Å². The first-order valence-electron chi connectivity index (χ1n) is 7.94. The van der Waals surface area contributed by atoms with Crippen molar-refractivity contribution < 1.29 is 4.42 Å². The van der Waals surface area contributed by atoms with Gasteiger partial charge in [-0.2, -0.15) is 0 Å². The van der Waals surface area contributed by atoms with E-state index in [4.69, 9.17) is 4.42 Å². The molecule has 3 heterocycles. The number of guanidine groups is 1. The molecule has 1 fully saturated rings. The van der Waals surface area contributed by atoms with Crippen molar-refractivity contribution in [2.45, 2.75) is 13.5 Å². The topological polar surface area (TPSA) is 69.8 Å². The number of piperazine rings is 1. The molecule has 0 bridgehead atoms. The summed E-state index contributed by atoms with van der Waals surface area (Å²) in [4.78, 5) is 17.8. The van der Waals surface area contributed by atoms with Gasteiger partial charge in [-0.15, -0.1) is 0 Å². The van der Waals surface area contributed by atoms with Crippen molar-refractivity contribution >= 4 is 11.9 Å². The molecule has 0 aliphatic carbocycles. The summed E-state index contributed by atoms with van der Waals surface area (Å²) < 4.78 is 5.35. The zero-order valence-electron chi connectivity index (χ0n) is 13.4. The first-order valence-corrected chi connectivity index (χ1v) is 7.94. The van der Waals surface area contributed by atoms with Crippen LogP contribution in [-0.2, 0) is 6.54 Å². The molecule has 0 radical (unpaired) electrons. The lowest BCUT2D eigenvalue weighted by Crippen LogP contribution is -2.52. The standard InChI is InChI=1S/C16H22N6O/c1-2-17-15(20-13-14-5-3-12-23-14)21-8-10-22(11-9-21)16-18-6-4-7-19-16/h3-7,12H,2,8-11,13H2,1H3,(H,17,20). The molecule has 1 aliphatic heterocycles. The van der Waals surface area contributed by atoms with E-state index < -0.39 is 0 Å². The summed E-state index contributed by atoms with van der Waals surface area (Å²) in [5.74, 6) is 2.60. The highest BCUT2D eigenvalue weighted by atomic mass is 16.3. The average molecular weight is 314 g/mol. The predicted octanol–water partition coefficient (Wildman–Crippen LogP) is 1.36. The first-order chi connectivity index (χ1) is 11.4. The van der Waals surface area contributed by atoms with Crippen LogP contribution in [0, 0.1) is 0 Å². The van der Waals surface area contributed by atoms with E-state index in [-0.39, 0.29) is 0 Å². The Morgan fingerprint density at radius 3 is 2.65 bits per heavy atom. The highest BCUT2D eigenvalue weighted by molar-refractivity contribution is 5.80. The summed E-state index contributed by atoms with van der Waals surface area (Å²) in [5, 5.41) is 3.35. The summed E-state index contributed by atoms with van der Waals surface area (Å²) in [5.41, 5.74) is 0. The Balaban J connectivity index is 1.60. The van der Waals surface area contributed by atoms with Crippen molar-refractivity contribution in [1.29, 1.82) is 0 Å². The molecule has 3 rings (SSSR count). The van der Waals surface area contributed by atoms with E-state index in [0.717, 1.165) is 50.4 Å². The molecule has 7 heteroatoms. The second kappa shape index (κ2) is 7.62. The minimum Gasteiger partial charge on any atom is -0.467 e. The number of rotatable bonds is 4. The van der Waals surface area contributed by atoms with Gasteiger partial charge >= 0.3 is 0 Å². The molecule has 2 aromatic rings. The Morgan fingerprint density at radius 1 is 1.22 bits per heavy atom.